The molecule has 0 aromatic rings. The summed E-state index contributed by atoms with van der Waals surface area (Å²) in [4.78, 5) is 0. The maximum Gasteiger partial charge on any atom is -0.0288 e. The number of allylic oxidation sites excluding steroid dienone is 3. The summed E-state index contributed by atoms with van der Waals surface area (Å²) in [6.07, 6.45) is 8.59. The standard InChI is InChI=1S/C10H16/c1-9-5-3-7-10(2)8-4-6-9/h7H,1,3-6,8H2,2H3. The Morgan fingerprint density at radius 2 is 2.10 bits per heavy atom. The van der Waals surface area contributed by atoms with Crippen LogP contribution in [0.25, 0.3) is 0 Å². The van der Waals surface area contributed by atoms with Gasteiger partial charge in [0.1, 0.15) is 0 Å². The van der Waals surface area contributed by atoms with Crippen molar-refractivity contribution in [3.63, 3.8) is 0 Å². The minimum atomic E-state index is 1.21. The summed E-state index contributed by atoms with van der Waals surface area (Å²) in [5.41, 5.74) is 3.00. The van der Waals surface area contributed by atoms with Crippen molar-refractivity contribution in [1.82, 2.24) is 0 Å². The Hall–Kier alpha value is -0.520. The van der Waals surface area contributed by atoms with Gasteiger partial charge < -0.3 is 0 Å². The lowest BCUT2D eigenvalue weighted by Crippen LogP contribution is -1.88. The van der Waals surface area contributed by atoms with Crippen LogP contribution in [-0.2, 0) is 0 Å². The van der Waals surface area contributed by atoms with E-state index < -0.39 is 0 Å². The monoisotopic (exact) mass is 136 g/mol. The van der Waals surface area contributed by atoms with Crippen molar-refractivity contribution >= 4 is 0 Å². The second kappa shape index (κ2) is 3.60. The normalized spacial score (nSPS) is 21.3. The Morgan fingerprint density at radius 3 is 2.90 bits per heavy atom. The van der Waals surface area contributed by atoms with Gasteiger partial charge in [0, 0.05) is 0 Å². The van der Waals surface area contributed by atoms with Crippen LogP contribution in [0.1, 0.15) is 39.0 Å². The van der Waals surface area contributed by atoms with Crippen LogP contribution in [0.4, 0.5) is 0 Å². The molecule has 0 heteroatoms. The topological polar surface area (TPSA) is 0 Å². The molecule has 10 heavy (non-hydrogen) atoms. The van der Waals surface area contributed by atoms with Crippen molar-refractivity contribution in [2.75, 3.05) is 0 Å². The molecule has 0 amide bonds. The molecule has 0 saturated carbocycles. The molecule has 0 N–H and O–H groups in total. The Kier molecular flexibility index (Phi) is 2.73. The molecule has 0 atom stereocenters. The summed E-state index contributed by atoms with van der Waals surface area (Å²) < 4.78 is 0. The van der Waals surface area contributed by atoms with Crippen molar-refractivity contribution in [2.24, 2.45) is 0 Å². The van der Waals surface area contributed by atoms with Gasteiger partial charge in [0.2, 0.25) is 0 Å². The summed E-state index contributed by atoms with van der Waals surface area (Å²) in [6.45, 7) is 6.24. The van der Waals surface area contributed by atoms with E-state index in [0.717, 1.165) is 0 Å². The van der Waals surface area contributed by atoms with Crippen molar-refractivity contribution in [2.45, 2.75) is 39.0 Å². The highest BCUT2D eigenvalue weighted by molar-refractivity contribution is 5.05. The van der Waals surface area contributed by atoms with Gasteiger partial charge in [-0.05, 0) is 39.0 Å². The first-order valence-electron chi connectivity index (χ1n) is 4.11. The molecular formula is C10H16. The SMILES string of the molecule is C=C1CCC=C(C)CCC1. The first-order chi connectivity index (χ1) is 4.79. The maximum atomic E-state index is 4.01. The average Bonchev–Trinajstić information content (AvgIpc) is 1.84. The molecule has 0 radical (unpaired) electrons. The first-order valence-corrected chi connectivity index (χ1v) is 4.11. The van der Waals surface area contributed by atoms with Gasteiger partial charge in [-0.25, -0.2) is 0 Å². The number of hydrogen-bond donors (Lipinski definition) is 0. The van der Waals surface area contributed by atoms with Crippen LogP contribution in [0.3, 0.4) is 0 Å². The molecule has 0 nitrogen and oxygen atoms in total. The van der Waals surface area contributed by atoms with Crippen molar-refractivity contribution < 1.29 is 0 Å². The second-order valence-corrected chi connectivity index (χ2v) is 3.19. The molecule has 1 aliphatic carbocycles. The molecular weight excluding hydrogens is 120 g/mol. The van der Waals surface area contributed by atoms with Crippen LogP contribution >= 0.6 is 0 Å². The van der Waals surface area contributed by atoms with Crippen molar-refractivity contribution in [1.29, 1.82) is 0 Å². The highest BCUT2D eigenvalue weighted by Crippen LogP contribution is 2.19. The minimum Gasteiger partial charge on any atom is -0.0999 e. The fourth-order valence-electron chi connectivity index (χ4n) is 1.37. The lowest BCUT2D eigenvalue weighted by atomic mass is 9.98. The van der Waals surface area contributed by atoms with Gasteiger partial charge in [-0.1, -0.05) is 23.8 Å². The van der Waals surface area contributed by atoms with E-state index in [4.69, 9.17) is 0 Å². The van der Waals surface area contributed by atoms with Crippen LogP contribution < -0.4 is 0 Å². The van der Waals surface area contributed by atoms with Crippen LogP contribution in [0.5, 0.6) is 0 Å². The van der Waals surface area contributed by atoms with Crippen molar-refractivity contribution in [3.05, 3.63) is 23.8 Å². The summed E-state index contributed by atoms with van der Waals surface area (Å²) in [5.74, 6) is 0. The van der Waals surface area contributed by atoms with Gasteiger partial charge in [0.25, 0.3) is 0 Å². The quantitative estimate of drug-likeness (QED) is 0.447. The lowest BCUT2D eigenvalue weighted by Gasteiger charge is -2.08. The molecule has 0 fully saturated rings. The Labute approximate surface area is 63.6 Å². The fourth-order valence-corrected chi connectivity index (χ4v) is 1.37. The third-order valence-corrected chi connectivity index (χ3v) is 2.09. The predicted octanol–water partition coefficient (Wildman–Crippen LogP) is 3.45. The first kappa shape index (κ1) is 7.59. The summed E-state index contributed by atoms with van der Waals surface area (Å²) in [6, 6.07) is 0. The zero-order valence-electron chi connectivity index (χ0n) is 6.82. The third kappa shape index (κ3) is 2.38. The summed E-state index contributed by atoms with van der Waals surface area (Å²) in [7, 11) is 0. The minimum absolute atomic E-state index is 1.21. The van der Waals surface area contributed by atoms with E-state index >= 15 is 0 Å². The van der Waals surface area contributed by atoms with Gasteiger partial charge in [-0.3, -0.25) is 0 Å². The van der Waals surface area contributed by atoms with E-state index in [1.807, 2.05) is 0 Å². The maximum absolute atomic E-state index is 4.01. The second-order valence-electron chi connectivity index (χ2n) is 3.19. The molecule has 1 aliphatic rings. The molecule has 0 spiro atoms. The Balaban J connectivity index is 2.45. The van der Waals surface area contributed by atoms with Crippen LogP contribution in [0.15, 0.2) is 23.8 Å². The molecule has 1 rings (SSSR count). The third-order valence-electron chi connectivity index (χ3n) is 2.09. The Bertz CT molecular complexity index is 151. The zero-order chi connectivity index (χ0) is 7.40. The summed E-state index contributed by atoms with van der Waals surface area (Å²) in [5, 5.41) is 0. The number of rotatable bonds is 0. The largest absolute Gasteiger partial charge is 0.0999 e. The molecule has 0 aromatic carbocycles. The number of hydrogen-bond acceptors (Lipinski definition) is 0. The van der Waals surface area contributed by atoms with E-state index in [-0.39, 0.29) is 0 Å². The van der Waals surface area contributed by atoms with E-state index in [1.54, 1.807) is 5.57 Å². The van der Waals surface area contributed by atoms with Crippen LogP contribution in [0, 0.1) is 0 Å². The zero-order valence-corrected chi connectivity index (χ0v) is 6.82. The smallest absolute Gasteiger partial charge is 0.0288 e. The molecule has 0 aromatic heterocycles. The lowest BCUT2D eigenvalue weighted by molar-refractivity contribution is 0.743. The van der Waals surface area contributed by atoms with E-state index in [9.17, 15) is 0 Å². The predicted molar refractivity (Wildman–Crippen MR) is 46.0 cm³/mol. The van der Waals surface area contributed by atoms with Gasteiger partial charge in [0.05, 0.1) is 0 Å². The summed E-state index contributed by atoms with van der Waals surface area (Å²) >= 11 is 0. The van der Waals surface area contributed by atoms with E-state index in [2.05, 4.69) is 19.6 Å². The van der Waals surface area contributed by atoms with Gasteiger partial charge in [0.15, 0.2) is 0 Å². The van der Waals surface area contributed by atoms with Gasteiger partial charge in [-0.15, -0.1) is 0 Å². The molecule has 56 valence electrons. The van der Waals surface area contributed by atoms with E-state index in [0.29, 0.717) is 0 Å². The molecule has 0 heterocycles. The van der Waals surface area contributed by atoms with Crippen LogP contribution in [-0.4, -0.2) is 0 Å². The van der Waals surface area contributed by atoms with E-state index in [1.165, 1.54) is 37.7 Å². The van der Waals surface area contributed by atoms with Crippen LogP contribution in [0.2, 0.25) is 0 Å². The van der Waals surface area contributed by atoms with Gasteiger partial charge >= 0.3 is 0 Å². The molecule has 0 aliphatic heterocycles. The fraction of sp³-hybridized carbons (Fsp3) is 0.600. The average molecular weight is 136 g/mol. The van der Waals surface area contributed by atoms with Crippen molar-refractivity contribution in [3.8, 4) is 0 Å². The highest BCUT2D eigenvalue weighted by Gasteiger charge is 1.99. The Morgan fingerprint density at radius 1 is 1.30 bits per heavy atom. The van der Waals surface area contributed by atoms with Gasteiger partial charge in [-0.2, -0.15) is 0 Å². The highest BCUT2D eigenvalue weighted by atomic mass is 14.0. The molecule has 0 bridgehead atoms. The molecule has 0 unspecified atom stereocenters. The molecule has 0 saturated heterocycles.